The fourth-order valence-electron chi connectivity index (χ4n) is 6.49. The van der Waals surface area contributed by atoms with Crippen molar-refractivity contribution < 1.29 is 4.74 Å². The molecule has 8 heteroatoms. The van der Waals surface area contributed by atoms with Gasteiger partial charge in [-0.25, -0.2) is 4.98 Å². The maximum absolute atomic E-state index is 5.54. The Morgan fingerprint density at radius 1 is 0.905 bits per heavy atom. The standard InChI is InChI=1S/C32H33N7O.C2H6/c1-2-21(31-37-29-6-4-23(15-30(29)38-31)35-24-17-32(18-24)19-33-20-32)14-22(3-1)36-28-8-9-34-27-7-5-25(16-26(27)28)39-10-12-40-13-11-39;1-2/h1-9,14-16,24,33,35H,10-13,17-20H2,(H,34,36)(H,37,38);1-2H3. The van der Waals surface area contributed by atoms with Gasteiger partial charge in [-0.2, -0.15) is 0 Å². The summed E-state index contributed by atoms with van der Waals surface area (Å²) in [5, 5.41) is 11.9. The molecule has 2 saturated heterocycles. The molecule has 3 aromatic carbocycles. The zero-order valence-corrected chi connectivity index (χ0v) is 24.4. The third-order valence-corrected chi connectivity index (χ3v) is 8.73. The molecule has 8 nitrogen and oxygen atoms in total. The Kier molecular flexibility index (Phi) is 7.17. The molecule has 0 atom stereocenters. The van der Waals surface area contributed by atoms with Gasteiger partial charge in [-0.1, -0.05) is 26.0 Å². The van der Waals surface area contributed by atoms with E-state index < -0.39 is 0 Å². The van der Waals surface area contributed by atoms with E-state index in [1.807, 2.05) is 26.1 Å². The van der Waals surface area contributed by atoms with Crippen molar-refractivity contribution >= 4 is 44.7 Å². The van der Waals surface area contributed by atoms with Crippen LogP contribution in [0.15, 0.2) is 72.9 Å². The number of hydrogen-bond donors (Lipinski definition) is 4. The van der Waals surface area contributed by atoms with E-state index in [0.717, 1.165) is 76.7 Å². The van der Waals surface area contributed by atoms with Gasteiger partial charge in [-0.15, -0.1) is 0 Å². The molecule has 3 aliphatic rings. The SMILES string of the molecule is CC.c1cc(Nc2ccnc3ccc(N4CCOCC4)cc23)cc(-c2nc3ccc(NC4CC5(CNC5)C4)cc3[nH]2)c1. The molecule has 0 unspecified atom stereocenters. The van der Waals surface area contributed by atoms with Crippen molar-refractivity contribution in [3.63, 3.8) is 0 Å². The van der Waals surface area contributed by atoms with Crippen molar-refractivity contribution in [2.24, 2.45) is 5.41 Å². The highest BCUT2D eigenvalue weighted by Crippen LogP contribution is 2.45. The number of imidazole rings is 1. The minimum atomic E-state index is 0.565. The molecule has 2 aromatic heterocycles. The second-order valence-corrected chi connectivity index (χ2v) is 11.5. The molecule has 2 aliphatic heterocycles. The molecule has 216 valence electrons. The van der Waals surface area contributed by atoms with Gasteiger partial charge in [0.15, 0.2) is 0 Å². The van der Waals surface area contributed by atoms with Crippen LogP contribution in [0.5, 0.6) is 0 Å². The lowest BCUT2D eigenvalue weighted by Crippen LogP contribution is -2.63. The van der Waals surface area contributed by atoms with Crippen LogP contribution < -0.4 is 20.9 Å². The smallest absolute Gasteiger partial charge is 0.138 e. The second kappa shape index (κ2) is 11.3. The number of pyridine rings is 1. The molecule has 1 saturated carbocycles. The van der Waals surface area contributed by atoms with Crippen molar-refractivity contribution in [2.45, 2.75) is 32.7 Å². The number of H-pyrrole nitrogens is 1. The Hall–Kier alpha value is -4.14. The number of rotatable bonds is 6. The van der Waals surface area contributed by atoms with Gasteiger partial charge in [0.05, 0.1) is 29.8 Å². The van der Waals surface area contributed by atoms with E-state index in [0.29, 0.717) is 11.5 Å². The number of hydrogen-bond acceptors (Lipinski definition) is 7. The van der Waals surface area contributed by atoms with Gasteiger partial charge < -0.3 is 30.6 Å². The number of anilines is 4. The molecule has 0 radical (unpaired) electrons. The third-order valence-electron chi connectivity index (χ3n) is 8.73. The molecule has 8 rings (SSSR count). The van der Waals surface area contributed by atoms with Crippen LogP contribution in [0.1, 0.15) is 26.7 Å². The molecule has 3 fully saturated rings. The average molecular weight is 562 g/mol. The molecule has 42 heavy (non-hydrogen) atoms. The van der Waals surface area contributed by atoms with Crippen LogP contribution in [0.4, 0.5) is 22.7 Å². The lowest BCUT2D eigenvalue weighted by molar-refractivity contribution is 0.0470. The zero-order chi connectivity index (χ0) is 28.5. The Bertz CT molecular complexity index is 1700. The van der Waals surface area contributed by atoms with Crippen molar-refractivity contribution in [1.82, 2.24) is 20.3 Å². The van der Waals surface area contributed by atoms with Crippen LogP contribution in [0.2, 0.25) is 0 Å². The van der Waals surface area contributed by atoms with Gasteiger partial charge in [-0.05, 0) is 72.9 Å². The lowest BCUT2D eigenvalue weighted by atomic mass is 9.61. The van der Waals surface area contributed by atoms with Crippen molar-refractivity contribution in [3.05, 3.63) is 72.9 Å². The summed E-state index contributed by atoms with van der Waals surface area (Å²) < 4.78 is 5.54. The summed E-state index contributed by atoms with van der Waals surface area (Å²) in [5.74, 6) is 0.869. The molecule has 0 amide bonds. The fraction of sp³-hybridized carbons (Fsp3) is 0.353. The van der Waals surface area contributed by atoms with E-state index in [9.17, 15) is 0 Å². The first-order valence-corrected chi connectivity index (χ1v) is 15.3. The van der Waals surface area contributed by atoms with Crippen molar-refractivity contribution in [1.29, 1.82) is 0 Å². The largest absolute Gasteiger partial charge is 0.382 e. The summed E-state index contributed by atoms with van der Waals surface area (Å²) in [5.41, 5.74) is 9.01. The van der Waals surface area contributed by atoms with Crippen LogP contribution in [0, 0.1) is 5.41 Å². The molecule has 1 spiro atoms. The van der Waals surface area contributed by atoms with E-state index in [2.05, 4.69) is 91.5 Å². The Labute approximate surface area is 246 Å². The molecule has 5 aromatic rings. The normalized spacial score (nSPS) is 17.8. The molecular weight excluding hydrogens is 522 g/mol. The number of aromatic amines is 1. The summed E-state index contributed by atoms with van der Waals surface area (Å²) in [6.07, 6.45) is 4.38. The maximum Gasteiger partial charge on any atom is 0.138 e. The fourth-order valence-corrected chi connectivity index (χ4v) is 6.49. The number of ether oxygens (including phenoxy) is 1. The maximum atomic E-state index is 5.54. The van der Waals surface area contributed by atoms with Crippen molar-refractivity contribution in [3.8, 4) is 11.4 Å². The monoisotopic (exact) mass is 561 g/mol. The predicted molar refractivity (Wildman–Crippen MR) is 173 cm³/mol. The third kappa shape index (κ3) is 5.16. The highest BCUT2D eigenvalue weighted by Gasteiger charge is 2.48. The first kappa shape index (κ1) is 26.7. The Balaban J connectivity index is 0.00000141. The van der Waals surface area contributed by atoms with Gasteiger partial charge >= 0.3 is 0 Å². The summed E-state index contributed by atoms with van der Waals surface area (Å²) in [6.45, 7) is 9.70. The van der Waals surface area contributed by atoms with E-state index in [4.69, 9.17) is 9.72 Å². The van der Waals surface area contributed by atoms with Gasteiger partial charge in [-0.3, -0.25) is 4.98 Å². The quantitative estimate of drug-likeness (QED) is 0.187. The number of benzene rings is 3. The summed E-state index contributed by atoms with van der Waals surface area (Å²) in [4.78, 5) is 15.4. The molecular formula is C34H39N7O. The summed E-state index contributed by atoms with van der Waals surface area (Å²) in [7, 11) is 0. The van der Waals surface area contributed by atoms with E-state index in [1.54, 1.807) is 0 Å². The lowest BCUT2D eigenvalue weighted by Gasteiger charge is -2.54. The van der Waals surface area contributed by atoms with E-state index in [1.165, 1.54) is 31.6 Å². The van der Waals surface area contributed by atoms with Gasteiger partial charge in [0, 0.05) is 72.1 Å². The topological polar surface area (TPSA) is 90.1 Å². The first-order chi connectivity index (χ1) is 20.7. The zero-order valence-electron chi connectivity index (χ0n) is 24.4. The highest BCUT2D eigenvalue weighted by molar-refractivity contribution is 5.95. The molecule has 0 bridgehead atoms. The van der Waals surface area contributed by atoms with Gasteiger partial charge in [0.25, 0.3) is 0 Å². The minimum Gasteiger partial charge on any atom is -0.382 e. The van der Waals surface area contributed by atoms with Crippen LogP contribution in [-0.4, -0.2) is 60.4 Å². The average Bonchev–Trinajstić information content (AvgIpc) is 3.43. The van der Waals surface area contributed by atoms with Crippen LogP contribution >= 0.6 is 0 Å². The molecule has 4 heterocycles. The van der Waals surface area contributed by atoms with Crippen molar-refractivity contribution in [2.75, 3.05) is 54.9 Å². The highest BCUT2D eigenvalue weighted by atomic mass is 16.5. The van der Waals surface area contributed by atoms with E-state index in [-0.39, 0.29) is 0 Å². The van der Waals surface area contributed by atoms with Crippen LogP contribution in [0.3, 0.4) is 0 Å². The Morgan fingerprint density at radius 3 is 2.55 bits per heavy atom. The molecule has 1 aliphatic carbocycles. The summed E-state index contributed by atoms with van der Waals surface area (Å²) in [6, 6.07) is 24.0. The molecule has 4 N–H and O–H groups in total. The number of fused-ring (bicyclic) bond motifs is 2. The first-order valence-electron chi connectivity index (χ1n) is 15.3. The Morgan fingerprint density at radius 2 is 1.74 bits per heavy atom. The number of nitrogens with one attached hydrogen (secondary N) is 4. The second-order valence-electron chi connectivity index (χ2n) is 11.5. The van der Waals surface area contributed by atoms with E-state index >= 15 is 0 Å². The summed E-state index contributed by atoms with van der Waals surface area (Å²) >= 11 is 0. The number of morpholine rings is 1. The van der Waals surface area contributed by atoms with Crippen LogP contribution in [-0.2, 0) is 4.74 Å². The number of nitrogens with zero attached hydrogens (tertiary/aromatic N) is 3. The van der Waals surface area contributed by atoms with Gasteiger partial charge in [0.1, 0.15) is 5.82 Å². The van der Waals surface area contributed by atoms with Crippen LogP contribution in [0.25, 0.3) is 33.3 Å². The minimum absolute atomic E-state index is 0.565. The van der Waals surface area contributed by atoms with Gasteiger partial charge in [0.2, 0.25) is 0 Å². The number of aromatic nitrogens is 3. The predicted octanol–water partition coefficient (Wildman–Crippen LogP) is 6.55.